The van der Waals surface area contributed by atoms with Gasteiger partial charge in [0, 0.05) is 5.56 Å². The number of aryl methyl sites for hydroxylation is 1. The molecule has 3 rings (SSSR count). The summed E-state index contributed by atoms with van der Waals surface area (Å²) >= 11 is 2.21. The third-order valence-electron chi connectivity index (χ3n) is 4.30. The highest BCUT2D eigenvalue weighted by atomic mass is 127. The van der Waals surface area contributed by atoms with Gasteiger partial charge in [0.1, 0.15) is 0 Å². The number of aliphatic imine (C=N–C) groups is 1. The Hall–Kier alpha value is -2.35. The van der Waals surface area contributed by atoms with Crippen molar-refractivity contribution in [1.82, 2.24) is 0 Å². The summed E-state index contributed by atoms with van der Waals surface area (Å²) in [7, 11) is 1.60. The van der Waals surface area contributed by atoms with Crippen LogP contribution in [0.5, 0.6) is 11.5 Å². The van der Waals surface area contributed by atoms with Gasteiger partial charge in [0.2, 0.25) is 5.90 Å². The second-order valence-corrected chi connectivity index (χ2v) is 7.55. The van der Waals surface area contributed by atoms with Crippen LogP contribution >= 0.6 is 22.6 Å². The Morgan fingerprint density at radius 3 is 2.75 bits per heavy atom. The second-order valence-electron chi connectivity index (χ2n) is 6.39. The molecule has 0 spiro atoms. The third-order valence-corrected chi connectivity index (χ3v) is 5.10. The normalized spacial score (nSPS) is 14.8. The van der Waals surface area contributed by atoms with Crippen LogP contribution in [0.15, 0.2) is 47.1 Å². The van der Waals surface area contributed by atoms with E-state index in [2.05, 4.69) is 34.5 Å². The van der Waals surface area contributed by atoms with Crippen LogP contribution in [0, 0.1) is 10.5 Å². The molecule has 146 valence electrons. The van der Waals surface area contributed by atoms with Gasteiger partial charge in [0.05, 0.1) is 17.3 Å². The van der Waals surface area contributed by atoms with Gasteiger partial charge in [0.15, 0.2) is 17.2 Å². The van der Waals surface area contributed by atoms with E-state index in [4.69, 9.17) is 14.2 Å². The van der Waals surface area contributed by atoms with Crippen LogP contribution in [0.3, 0.4) is 0 Å². The first-order valence-electron chi connectivity index (χ1n) is 9.12. The summed E-state index contributed by atoms with van der Waals surface area (Å²) in [6, 6.07) is 11.4. The number of hydrogen-bond acceptors (Lipinski definition) is 5. The first-order chi connectivity index (χ1) is 13.5. The second kappa shape index (κ2) is 9.23. The fraction of sp³-hybridized carbons (Fsp3) is 0.273. The van der Waals surface area contributed by atoms with Gasteiger partial charge in [0.25, 0.3) is 0 Å². The maximum atomic E-state index is 12.3. The zero-order valence-electron chi connectivity index (χ0n) is 16.1. The Kier molecular flexibility index (Phi) is 6.72. The molecule has 2 aromatic carbocycles. The molecule has 0 aliphatic carbocycles. The molecule has 0 radical (unpaired) electrons. The number of methoxy groups -OCH3 is 1. The van der Waals surface area contributed by atoms with Crippen LogP contribution in [-0.2, 0) is 9.53 Å². The number of carbonyl (C=O) groups excluding carboxylic acids is 1. The van der Waals surface area contributed by atoms with Crippen molar-refractivity contribution < 1.29 is 19.0 Å². The molecular formula is C22H22INO4. The predicted octanol–water partition coefficient (Wildman–Crippen LogP) is 5.13. The molecule has 1 aliphatic heterocycles. The van der Waals surface area contributed by atoms with Gasteiger partial charge in [-0.15, -0.1) is 0 Å². The summed E-state index contributed by atoms with van der Waals surface area (Å²) in [5.74, 6) is 1.21. The van der Waals surface area contributed by atoms with Crippen LogP contribution in [0.25, 0.3) is 6.08 Å². The molecule has 0 amide bonds. The van der Waals surface area contributed by atoms with E-state index in [0.29, 0.717) is 18.3 Å². The maximum absolute atomic E-state index is 12.3. The maximum Gasteiger partial charge on any atom is 0.363 e. The van der Waals surface area contributed by atoms with E-state index in [1.165, 1.54) is 0 Å². The van der Waals surface area contributed by atoms with Gasteiger partial charge in [-0.2, -0.15) is 0 Å². The molecule has 0 aromatic heterocycles. The van der Waals surface area contributed by atoms with Crippen LogP contribution in [-0.4, -0.2) is 25.6 Å². The molecule has 6 heteroatoms. The minimum Gasteiger partial charge on any atom is -0.493 e. The van der Waals surface area contributed by atoms with E-state index >= 15 is 0 Å². The first kappa shape index (κ1) is 20.4. The van der Waals surface area contributed by atoms with E-state index in [9.17, 15) is 4.79 Å². The molecular weight excluding hydrogens is 469 g/mol. The zero-order valence-corrected chi connectivity index (χ0v) is 18.3. The van der Waals surface area contributed by atoms with Gasteiger partial charge >= 0.3 is 5.97 Å². The highest BCUT2D eigenvalue weighted by Gasteiger charge is 2.25. The third kappa shape index (κ3) is 4.55. The topological polar surface area (TPSA) is 57.1 Å². The molecule has 0 saturated heterocycles. The standard InChI is InChI=1S/C22H22INO4/c1-4-5-10-27-20-17(23)11-15(13-19(20)26-3)12-18-22(25)28-21(24-18)16-9-7-6-8-14(16)2/h6-9,11-13H,4-5,10H2,1-3H3/b18-12-. The van der Waals surface area contributed by atoms with Crippen molar-refractivity contribution in [2.45, 2.75) is 26.7 Å². The molecule has 0 fully saturated rings. The Bertz CT molecular complexity index is 950. The number of rotatable bonds is 7. The molecule has 0 saturated carbocycles. The minimum atomic E-state index is -0.462. The van der Waals surface area contributed by atoms with Gasteiger partial charge in [-0.05, 0) is 71.3 Å². The molecule has 1 heterocycles. The smallest absolute Gasteiger partial charge is 0.363 e. The molecule has 0 atom stereocenters. The van der Waals surface area contributed by atoms with Gasteiger partial charge in [-0.3, -0.25) is 0 Å². The fourth-order valence-corrected chi connectivity index (χ4v) is 3.56. The summed E-state index contributed by atoms with van der Waals surface area (Å²) in [5.41, 5.74) is 2.87. The van der Waals surface area contributed by atoms with Crippen molar-refractivity contribution in [3.63, 3.8) is 0 Å². The summed E-state index contributed by atoms with van der Waals surface area (Å²) in [4.78, 5) is 16.7. The molecule has 0 bridgehead atoms. The first-order valence-corrected chi connectivity index (χ1v) is 10.2. The molecule has 0 unspecified atom stereocenters. The van der Waals surface area contributed by atoms with Crippen LogP contribution < -0.4 is 9.47 Å². The molecule has 1 aliphatic rings. The van der Waals surface area contributed by atoms with Crippen molar-refractivity contribution in [3.8, 4) is 11.5 Å². The molecule has 28 heavy (non-hydrogen) atoms. The van der Waals surface area contributed by atoms with Gasteiger partial charge in [-0.1, -0.05) is 31.5 Å². The average molecular weight is 491 g/mol. The van der Waals surface area contributed by atoms with E-state index in [-0.39, 0.29) is 5.70 Å². The largest absolute Gasteiger partial charge is 0.493 e. The lowest BCUT2D eigenvalue weighted by molar-refractivity contribution is -0.129. The number of nitrogens with zero attached hydrogens (tertiary/aromatic N) is 1. The number of unbranched alkanes of at least 4 members (excludes halogenated alkanes) is 1. The fourth-order valence-electron chi connectivity index (χ4n) is 2.78. The van der Waals surface area contributed by atoms with Crippen LogP contribution in [0.1, 0.15) is 36.5 Å². The van der Waals surface area contributed by atoms with E-state index in [0.717, 1.165) is 38.9 Å². The highest BCUT2D eigenvalue weighted by Crippen LogP contribution is 2.35. The lowest BCUT2D eigenvalue weighted by Gasteiger charge is -2.13. The monoisotopic (exact) mass is 491 g/mol. The quantitative estimate of drug-likeness (QED) is 0.233. The number of carbonyl (C=O) groups is 1. The predicted molar refractivity (Wildman–Crippen MR) is 118 cm³/mol. The summed E-state index contributed by atoms with van der Waals surface area (Å²) in [6.45, 7) is 4.71. The van der Waals surface area contributed by atoms with Crippen LogP contribution in [0.4, 0.5) is 0 Å². The molecule has 2 aromatic rings. The summed E-state index contributed by atoms with van der Waals surface area (Å²) in [6.07, 6.45) is 3.74. The Morgan fingerprint density at radius 1 is 1.25 bits per heavy atom. The number of cyclic esters (lactones) is 1. The Morgan fingerprint density at radius 2 is 2.04 bits per heavy atom. The zero-order chi connectivity index (χ0) is 20.1. The van der Waals surface area contributed by atoms with Gasteiger partial charge in [-0.25, -0.2) is 9.79 Å². The number of ether oxygens (including phenoxy) is 3. The number of hydrogen-bond donors (Lipinski definition) is 0. The average Bonchev–Trinajstić information content (AvgIpc) is 3.03. The number of esters is 1. The van der Waals surface area contributed by atoms with E-state index in [1.54, 1.807) is 13.2 Å². The van der Waals surface area contributed by atoms with Crippen molar-refractivity contribution >= 4 is 40.5 Å². The van der Waals surface area contributed by atoms with Crippen LogP contribution in [0.2, 0.25) is 0 Å². The Balaban J connectivity index is 1.91. The van der Waals surface area contributed by atoms with Gasteiger partial charge < -0.3 is 14.2 Å². The SMILES string of the molecule is CCCCOc1c(I)cc(/C=C2\N=C(c3ccccc3C)OC2=O)cc1OC. The number of benzene rings is 2. The van der Waals surface area contributed by atoms with E-state index in [1.807, 2.05) is 43.3 Å². The van der Waals surface area contributed by atoms with Crippen molar-refractivity contribution in [3.05, 3.63) is 62.4 Å². The molecule has 5 nitrogen and oxygen atoms in total. The lowest BCUT2D eigenvalue weighted by atomic mass is 10.1. The van der Waals surface area contributed by atoms with Crippen molar-refractivity contribution in [1.29, 1.82) is 0 Å². The minimum absolute atomic E-state index is 0.260. The van der Waals surface area contributed by atoms with Crippen molar-refractivity contribution in [2.24, 2.45) is 4.99 Å². The van der Waals surface area contributed by atoms with Crippen molar-refractivity contribution in [2.75, 3.05) is 13.7 Å². The number of halogens is 1. The summed E-state index contributed by atoms with van der Waals surface area (Å²) in [5, 5.41) is 0. The van der Waals surface area contributed by atoms with E-state index < -0.39 is 5.97 Å². The Labute approximate surface area is 178 Å². The molecule has 0 N–H and O–H groups in total. The summed E-state index contributed by atoms with van der Waals surface area (Å²) < 4.78 is 17.6. The lowest BCUT2D eigenvalue weighted by Crippen LogP contribution is -2.06. The highest BCUT2D eigenvalue weighted by molar-refractivity contribution is 14.1.